The molecule has 2 heterocycles. The Morgan fingerprint density at radius 2 is 0.929 bits per heavy atom. The molecular formula is C24H20N2O2. The largest absolute Gasteiger partial charge is 0.507 e. The van der Waals surface area contributed by atoms with Crippen molar-refractivity contribution in [2.24, 2.45) is 0 Å². The van der Waals surface area contributed by atoms with E-state index in [1.165, 1.54) is 0 Å². The lowest BCUT2D eigenvalue weighted by atomic mass is 10.1. The third-order valence-electron chi connectivity index (χ3n) is 4.62. The van der Waals surface area contributed by atoms with Gasteiger partial charge in [0.2, 0.25) is 0 Å². The topological polar surface area (TPSA) is 66.2 Å². The van der Waals surface area contributed by atoms with Gasteiger partial charge in [-0.25, -0.2) is 9.97 Å². The highest BCUT2D eigenvalue weighted by Gasteiger charge is 2.11. The van der Waals surface area contributed by atoms with Crippen LogP contribution in [0.25, 0.3) is 33.9 Å². The van der Waals surface area contributed by atoms with Crippen LogP contribution in [0, 0.1) is 13.8 Å². The van der Waals surface area contributed by atoms with Crippen molar-refractivity contribution in [2.75, 3.05) is 0 Å². The van der Waals surface area contributed by atoms with Gasteiger partial charge in [0.15, 0.2) is 0 Å². The van der Waals surface area contributed by atoms with Gasteiger partial charge in [0.25, 0.3) is 0 Å². The molecule has 0 amide bonds. The average Bonchev–Trinajstić information content (AvgIpc) is 2.68. The van der Waals surface area contributed by atoms with Crippen molar-refractivity contribution < 1.29 is 10.2 Å². The maximum atomic E-state index is 10.3. The number of hydrogen-bond acceptors (Lipinski definition) is 4. The zero-order valence-electron chi connectivity index (χ0n) is 15.7. The molecule has 0 saturated carbocycles. The fourth-order valence-corrected chi connectivity index (χ4v) is 3.17. The van der Waals surface area contributed by atoms with Gasteiger partial charge >= 0.3 is 0 Å². The Labute approximate surface area is 163 Å². The second-order valence-electron chi connectivity index (χ2n) is 6.86. The number of benzene rings is 2. The van der Waals surface area contributed by atoms with Crippen LogP contribution in [0.4, 0.5) is 0 Å². The molecule has 0 aliphatic rings. The van der Waals surface area contributed by atoms with Crippen molar-refractivity contribution in [3.05, 3.63) is 83.9 Å². The minimum absolute atomic E-state index is 0.205. The normalized spacial score (nSPS) is 10.8. The summed E-state index contributed by atoms with van der Waals surface area (Å²) in [4.78, 5) is 9.38. The summed E-state index contributed by atoms with van der Waals surface area (Å²) in [6.45, 7) is 3.87. The predicted octanol–water partition coefficient (Wildman–Crippen LogP) is 5.51. The Hall–Kier alpha value is -3.66. The average molecular weight is 368 g/mol. The van der Waals surface area contributed by atoms with Gasteiger partial charge in [-0.05, 0) is 73.5 Å². The van der Waals surface area contributed by atoms with Crippen LogP contribution >= 0.6 is 0 Å². The van der Waals surface area contributed by atoms with Crippen LogP contribution in [0.15, 0.2) is 72.8 Å². The number of rotatable bonds is 3. The Kier molecular flexibility index (Phi) is 4.53. The van der Waals surface area contributed by atoms with E-state index in [1.807, 2.05) is 74.5 Å². The number of pyridine rings is 2. The van der Waals surface area contributed by atoms with Gasteiger partial charge in [-0.1, -0.05) is 24.3 Å². The summed E-state index contributed by atoms with van der Waals surface area (Å²) in [6, 6.07) is 22.4. The zero-order chi connectivity index (χ0) is 19.7. The van der Waals surface area contributed by atoms with Crippen molar-refractivity contribution in [2.45, 2.75) is 13.8 Å². The maximum Gasteiger partial charge on any atom is 0.125 e. The van der Waals surface area contributed by atoms with E-state index in [0.717, 1.165) is 11.1 Å². The molecule has 4 heteroatoms. The highest BCUT2D eigenvalue weighted by molar-refractivity contribution is 5.72. The van der Waals surface area contributed by atoms with Crippen LogP contribution in [0.1, 0.15) is 11.1 Å². The molecule has 4 nitrogen and oxygen atoms in total. The second-order valence-corrected chi connectivity index (χ2v) is 6.86. The molecule has 28 heavy (non-hydrogen) atoms. The fraction of sp³-hybridized carbons (Fsp3) is 0.0833. The molecule has 0 atom stereocenters. The Morgan fingerprint density at radius 1 is 0.536 bits per heavy atom. The first-order chi connectivity index (χ1) is 13.5. The van der Waals surface area contributed by atoms with Gasteiger partial charge in [-0.2, -0.15) is 0 Å². The van der Waals surface area contributed by atoms with Gasteiger partial charge in [0.05, 0.1) is 22.8 Å². The van der Waals surface area contributed by atoms with E-state index in [1.54, 1.807) is 12.1 Å². The van der Waals surface area contributed by atoms with Crippen molar-refractivity contribution >= 4 is 0 Å². The van der Waals surface area contributed by atoms with E-state index in [4.69, 9.17) is 9.97 Å². The lowest BCUT2D eigenvalue weighted by molar-refractivity contribution is 0.476. The Bertz CT molecular complexity index is 1080. The summed E-state index contributed by atoms with van der Waals surface area (Å²) >= 11 is 0. The molecule has 4 rings (SSSR count). The fourth-order valence-electron chi connectivity index (χ4n) is 3.17. The number of phenolic OH excluding ortho intramolecular Hbond substituents is 2. The molecule has 2 N–H and O–H groups in total. The standard InChI is InChI=1S/C24H20N2O2/c1-15-9-11-17(23(27)13-15)19-5-3-7-21(25-19)22-8-4-6-20(26-22)18-12-10-16(2)14-24(18)28/h3-14,27-28H,1-2H3. The number of aromatic hydroxyl groups is 2. The summed E-state index contributed by atoms with van der Waals surface area (Å²) in [5.41, 5.74) is 6.10. The molecule has 0 spiro atoms. The van der Waals surface area contributed by atoms with E-state index in [9.17, 15) is 10.2 Å². The van der Waals surface area contributed by atoms with Crippen molar-refractivity contribution in [1.82, 2.24) is 9.97 Å². The van der Waals surface area contributed by atoms with Crippen molar-refractivity contribution in [1.29, 1.82) is 0 Å². The minimum atomic E-state index is 0.205. The summed E-state index contributed by atoms with van der Waals surface area (Å²) in [6.07, 6.45) is 0. The molecule has 2 aromatic heterocycles. The number of aryl methyl sites for hydroxylation is 2. The van der Waals surface area contributed by atoms with E-state index in [-0.39, 0.29) is 11.5 Å². The molecule has 138 valence electrons. The highest BCUT2D eigenvalue weighted by Crippen LogP contribution is 2.32. The van der Waals surface area contributed by atoms with Crippen LogP contribution in [0.5, 0.6) is 11.5 Å². The Balaban J connectivity index is 1.76. The number of nitrogens with zero attached hydrogens (tertiary/aromatic N) is 2. The van der Waals surface area contributed by atoms with Crippen LogP contribution in [-0.2, 0) is 0 Å². The van der Waals surface area contributed by atoms with Crippen LogP contribution in [0.3, 0.4) is 0 Å². The maximum absolute atomic E-state index is 10.3. The number of hydrogen-bond donors (Lipinski definition) is 2. The summed E-state index contributed by atoms with van der Waals surface area (Å²) in [5, 5.41) is 20.5. The first-order valence-electron chi connectivity index (χ1n) is 9.06. The number of aromatic nitrogens is 2. The van der Waals surface area contributed by atoms with E-state index < -0.39 is 0 Å². The minimum Gasteiger partial charge on any atom is -0.507 e. The van der Waals surface area contributed by atoms with Gasteiger partial charge in [-0.15, -0.1) is 0 Å². The van der Waals surface area contributed by atoms with Crippen molar-refractivity contribution in [3.63, 3.8) is 0 Å². The smallest absolute Gasteiger partial charge is 0.125 e. The zero-order valence-corrected chi connectivity index (χ0v) is 15.7. The van der Waals surface area contributed by atoms with Crippen LogP contribution in [0.2, 0.25) is 0 Å². The highest BCUT2D eigenvalue weighted by atomic mass is 16.3. The second kappa shape index (κ2) is 7.16. The molecule has 0 aliphatic heterocycles. The summed E-state index contributed by atoms with van der Waals surface area (Å²) < 4.78 is 0. The molecule has 0 bridgehead atoms. The number of phenols is 2. The lowest BCUT2D eigenvalue weighted by Crippen LogP contribution is -1.93. The SMILES string of the molecule is Cc1ccc(-c2cccc(-c3cccc(-c4ccc(C)cc4O)n3)n2)c(O)c1. The summed E-state index contributed by atoms with van der Waals surface area (Å²) in [5.74, 6) is 0.409. The Morgan fingerprint density at radius 3 is 1.32 bits per heavy atom. The van der Waals surface area contributed by atoms with E-state index in [2.05, 4.69) is 0 Å². The molecule has 2 aromatic carbocycles. The van der Waals surface area contributed by atoms with E-state index >= 15 is 0 Å². The van der Waals surface area contributed by atoms with E-state index in [0.29, 0.717) is 33.9 Å². The quantitative estimate of drug-likeness (QED) is 0.501. The molecular weight excluding hydrogens is 348 g/mol. The molecule has 0 radical (unpaired) electrons. The van der Waals surface area contributed by atoms with Crippen molar-refractivity contribution in [3.8, 4) is 45.4 Å². The first-order valence-corrected chi connectivity index (χ1v) is 9.06. The first kappa shape index (κ1) is 17.7. The summed E-state index contributed by atoms with van der Waals surface area (Å²) in [7, 11) is 0. The third-order valence-corrected chi connectivity index (χ3v) is 4.62. The van der Waals surface area contributed by atoms with Crippen LogP contribution in [-0.4, -0.2) is 20.2 Å². The monoisotopic (exact) mass is 368 g/mol. The van der Waals surface area contributed by atoms with Gasteiger partial charge in [0.1, 0.15) is 11.5 Å². The van der Waals surface area contributed by atoms with Gasteiger partial charge in [0, 0.05) is 11.1 Å². The molecule has 4 aromatic rings. The molecule has 0 fully saturated rings. The predicted molar refractivity (Wildman–Crippen MR) is 111 cm³/mol. The van der Waals surface area contributed by atoms with Gasteiger partial charge < -0.3 is 10.2 Å². The van der Waals surface area contributed by atoms with Crippen LogP contribution < -0.4 is 0 Å². The third kappa shape index (κ3) is 3.45. The molecule has 0 aliphatic carbocycles. The molecule has 0 unspecified atom stereocenters. The lowest BCUT2D eigenvalue weighted by Gasteiger charge is -2.09. The molecule has 0 saturated heterocycles. The van der Waals surface area contributed by atoms with Gasteiger partial charge in [-0.3, -0.25) is 0 Å².